The molecule has 0 saturated heterocycles. The van der Waals surface area contributed by atoms with E-state index in [2.05, 4.69) is 15.4 Å². The van der Waals surface area contributed by atoms with E-state index in [0.29, 0.717) is 21.3 Å². The molecule has 0 spiro atoms. The van der Waals surface area contributed by atoms with Crippen molar-refractivity contribution in [2.75, 3.05) is 14.1 Å². The molecule has 24 heavy (non-hydrogen) atoms. The van der Waals surface area contributed by atoms with E-state index in [1.165, 1.54) is 14.1 Å². The maximum Gasteiger partial charge on any atom is 0.340 e. The van der Waals surface area contributed by atoms with E-state index in [0.717, 1.165) is 4.31 Å². The topological polar surface area (TPSA) is 90.2 Å². The largest absolute Gasteiger partial charge is 0.457 e. The molecule has 0 aliphatic carbocycles. The zero-order valence-electron chi connectivity index (χ0n) is 13.1. The fourth-order valence-corrected chi connectivity index (χ4v) is 2.51. The number of ether oxygens (including phenoxy) is 1. The van der Waals surface area contributed by atoms with Gasteiger partial charge in [0, 0.05) is 14.1 Å². The number of hydrogen-bond donors (Lipinski definition) is 0. The first-order valence-electron chi connectivity index (χ1n) is 7.04. The minimum atomic E-state index is -3.81. The lowest BCUT2D eigenvalue weighted by molar-refractivity contribution is 0.483. The van der Waals surface area contributed by atoms with Crippen molar-refractivity contribution in [3.63, 3.8) is 0 Å². The summed E-state index contributed by atoms with van der Waals surface area (Å²) in [5.74, 6) is 1.32. The van der Waals surface area contributed by atoms with Gasteiger partial charge >= 0.3 is 10.2 Å². The summed E-state index contributed by atoms with van der Waals surface area (Å²) in [7, 11) is -1.02. The summed E-state index contributed by atoms with van der Waals surface area (Å²) in [6.45, 7) is 0. The van der Waals surface area contributed by atoms with Gasteiger partial charge in [-0.3, -0.25) is 0 Å². The Bertz CT molecular complexity index is 939. The molecular weight excluding hydrogens is 330 g/mol. The Morgan fingerprint density at radius 3 is 2.38 bits per heavy atom. The standard InChI is InChI=1S/C15H15N5O3S/c1-19(2)24(21,22)20-17-15(16-18-20)13-10-6-7-11-14(13)23-12-8-4-3-5-9-12/h3-11H,1-2H3. The second-order valence-electron chi connectivity index (χ2n) is 5.04. The molecule has 0 saturated carbocycles. The van der Waals surface area contributed by atoms with Crippen molar-refractivity contribution in [1.82, 2.24) is 23.9 Å². The van der Waals surface area contributed by atoms with Crippen molar-refractivity contribution in [3.8, 4) is 22.9 Å². The minimum Gasteiger partial charge on any atom is -0.457 e. The molecule has 9 heteroatoms. The monoisotopic (exact) mass is 345 g/mol. The van der Waals surface area contributed by atoms with Gasteiger partial charge in [0.25, 0.3) is 0 Å². The third-order valence-electron chi connectivity index (χ3n) is 3.16. The first-order chi connectivity index (χ1) is 11.5. The van der Waals surface area contributed by atoms with Crippen LogP contribution in [0.5, 0.6) is 11.5 Å². The third-order valence-corrected chi connectivity index (χ3v) is 4.65. The molecule has 1 heterocycles. The highest BCUT2D eigenvalue weighted by atomic mass is 32.2. The molecule has 0 amide bonds. The van der Waals surface area contributed by atoms with Crippen LogP contribution >= 0.6 is 0 Å². The number of nitrogens with zero attached hydrogens (tertiary/aromatic N) is 5. The van der Waals surface area contributed by atoms with Crippen LogP contribution in [0.3, 0.4) is 0 Å². The van der Waals surface area contributed by atoms with Gasteiger partial charge in [-0.15, -0.1) is 10.2 Å². The van der Waals surface area contributed by atoms with Crippen molar-refractivity contribution in [3.05, 3.63) is 54.6 Å². The lowest BCUT2D eigenvalue weighted by Gasteiger charge is -2.09. The van der Waals surface area contributed by atoms with Crippen molar-refractivity contribution in [2.45, 2.75) is 0 Å². The predicted molar refractivity (Wildman–Crippen MR) is 87.8 cm³/mol. The van der Waals surface area contributed by atoms with Gasteiger partial charge < -0.3 is 4.74 Å². The summed E-state index contributed by atoms with van der Waals surface area (Å²) >= 11 is 0. The number of hydrogen-bond acceptors (Lipinski definition) is 6. The smallest absolute Gasteiger partial charge is 0.340 e. The molecule has 0 radical (unpaired) electrons. The second kappa shape index (κ2) is 6.38. The molecule has 0 atom stereocenters. The van der Waals surface area contributed by atoms with Crippen LogP contribution < -0.4 is 4.74 Å². The normalized spacial score (nSPS) is 11.6. The average Bonchev–Trinajstić information content (AvgIpc) is 3.07. The highest BCUT2D eigenvalue weighted by molar-refractivity contribution is 7.87. The summed E-state index contributed by atoms with van der Waals surface area (Å²) in [5, 5.41) is 11.4. The predicted octanol–water partition coefficient (Wildman–Crippen LogP) is 1.79. The molecule has 3 rings (SSSR count). The molecule has 0 aliphatic heterocycles. The summed E-state index contributed by atoms with van der Waals surface area (Å²) < 4.78 is 31.5. The van der Waals surface area contributed by atoms with E-state index < -0.39 is 10.2 Å². The van der Waals surface area contributed by atoms with E-state index in [9.17, 15) is 8.42 Å². The van der Waals surface area contributed by atoms with Crippen LogP contribution in [0.1, 0.15) is 0 Å². The van der Waals surface area contributed by atoms with Gasteiger partial charge in [0.2, 0.25) is 5.82 Å². The van der Waals surface area contributed by atoms with Crippen molar-refractivity contribution < 1.29 is 13.2 Å². The molecule has 2 aromatic carbocycles. The zero-order valence-corrected chi connectivity index (χ0v) is 13.9. The molecule has 1 aromatic heterocycles. The molecule has 0 unspecified atom stereocenters. The molecular formula is C15H15N5O3S. The van der Waals surface area contributed by atoms with Gasteiger partial charge in [0.05, 0.1) is 5.56 Å². The van der Waals surface area contributed by atoms with Crippen LogP contribution in [0.15, 0.2) is 54.6 Å². The lowest BCUT2D eigenvalue weighted by atomic mass is 10.2. The maximum atomic E-state index is 12.0. The van der Waals surface area contributed by atoms with Gasteiger partial charge in [-0.1, -0.05) is 30.3 Å². The maximum absolute atomic E-state index is 12.0. The summed E-state index contributed by atoms with van der Waals surface area (Å²) in [6.07, 6.45) is 0. The van der Waals surface area contributed by atoms with E-state index in [1.54, 1.807) is 18.2 Å². The van der Waals surface area contributed by atoms with Gasteiger partial charge in [-0.05, 0) is 33.7 Å². The zero-order chi connectivity index (χ0) is 17.2. The molecule has 0 bridgehead atoms. The fraction of sp³-hybridized carbons (Fsp3) is 0.133. The Hall–Kier alpha value is -2.78. The highest BCUT2D eigenvalue weighted by Gasteiger charge is 2.21. The molecule has 0 fully saturated rings. The highest BCUT2D eigenvalue weighted by Crippen LogP contribution is 2.30. The van der Waals surface area contributed by atoms with Crippen LogP contribution in [0, 0.1) is 0 Å². The van der Waals surface area contributed by atoms with E-state index in [1.807, 2.05) is 36.4 Å². The number of rotatable bonds is 5. The molecule has 3 aromatic rings. The van der Waals surface area contributed by atoms with Crippen LogP contribution in [-0.2, 0) is 10.2 Å². The number of para-hydroxylation sites is 2. The van der Waals surface area contributed by atoms with Crippen molar-refractivity contribution in [1.29, 1.82) is 0 Å². The molecule has 0 aliphatic rings. The minimum absolute atomic E-state index is 0.159. The quantitative estimate of drug-likeness (QED) is 0.700. The number of aromatic nitrogens is 4. The Morgan fingerprint density at radius 1 is 1.00 bits per heavy atom. The Labute approximate surface area is 139 Å². The Morgan fingerprint density at radius 2 is 1.67 bits per heavy atom. The Balaban J connectivity index is 1.98. The Kier molecular flexibility index (Phi) is 4.28. The van der Waals surface area contributed by atoms with Crippen LogP contribution in [0.2, 0.25) is 0 Å². The van der Waals surface area contributed by atoms with E-state index in [-0.39, 0.29) is 5.82 Å². The summed E-state index contributed by atoms with van der Waals surface area (Å²) in [6, 6.07) is 16.3. The first kappa shape index (κ1) is 16.1. The van der Waals surface area contributed by atoms with Gasteiger partial charge in [0.1, 0.15) is 11.5 Å². The molecule has 0 N–H and O–H groups in total. The van der Waals surface area contributed by atoms with Crippen LogP contribution in [-0.4, -0.2) is 46.4 Å². The molecule has 124 valence electrons. The second-order valence-corrected chi connectivity index (χ2v) is 6.99. The van der Waals surface area contributed by atoms with Crippen LogP contribution in [0.4, 0.5) is 0 Å². The summed E-state index contributed by atoms with van der Waals surface area (Å²) in [4.78, 5) is 0. The number of benzene rings is 2. The lowest BCUT2D eigenvalue weighted by Crippen LogP contribution is -2.30. The number of tetrazole rings is 1. The van der Waals surface area contributed by atoms with E-state index >= 15 is 0 Å². The van der Waals surface area contributed by atoms with Gasteiger partial charge in [-0.2, -0.15) is 12.7 Å². The van der Waals surface area contributed by atoms with Gasteiger partial charge in [-0.25, -0.2) is 0 Å². The van der Waals surface area contributed by atoms with Gasteiger partial charge in [0.15, 0.2) is 0 Å². The first-order valence-corrected chi connectivity index (χ1v) is 8.43. The van der Waals surface area contributed by atoms with E-state index in [4.69, 9.17) is 4.74 Å². The van der Waals surface area contributed by atoms with Crippen molar-refractivity contribution in [2.24, 2.45) is 0 Å². The van der Waals surface area contributed by atoms with Crippen molar-refractivity contribution >= 4 is 10.2 Å². The van der Waals surface area contributed by atoms with Crippen LogP contribution in [0.25, 0.3) is 11.4 Å². The fourth-order valence-electron chi connectivity index (χ4n) is 1.91. The SMILES string of the molecule is CN(C)S(=O)(=O)n1nnc(-c2ccccc2Oc2ccccc2)n1. The summed E-state index contributed by atoms with van der Waals surface area (Å²) in [5.41, 5.74) is 0.543. The average molecular weight is 345 g/mol. The third kappa shape index (κ3) is 3.12. The molecule has 8 nitrogen and oxygen atoms in total.